The predicted octanol–water partition coefficient (Wildman–Crippen LogP) is 1.33. The summed E-state index contributed by atoms with van der Waals surface area (Å²) in [4.78, 5) is 23.2. The van der Waals surface area contributed by atoms with Crippen LogP contribution in [0.1, 0.15) is 19.3 Å². The van der Waals surface area contributed by atoms with Gasteiger partial charge in [-0.3, -0.25) is 9.59 Å². The Kier molecular flexibility index (Phi) is 1.65. The number of rotatable bonds is 2. The van der Waals surface area contributed by atoms with E-state index >= 15 is 0 Å². The third kappa shape index (κ3) is 1.01. The first-order chi connectivity index (χ1) is 7.19. The van der Waals surface area contributed by atoms with E-state index in [0.29, 0.717) is 5.92 Å². The first-order valence-electron chi connectivity index (χ1n) is 5.48. The molecule has 3 rings (SSSR count). The summed E-state index contributed by atoms with van der Waals surface area (Å²) in [5.74, 6) is 0.330. The summed E-state index contributed by atoms with van der Waals surface area (Å²) in [6.07, 6.45) is 6.76. The van der Waals surface area contributed by atoms with E-state index in [0.717, 1.165) is 12.8 Å². The lowest BCUT2D eigenvalue weighted by atomic mass is 9.87. The lowest BCUT2D eigenvalue weighted by molar-refractivity contribution is -0.143. The maximum absolute atomic E-state index is 12.0. The van der Waals surface area contributed by atoms with Gasteiger partial charge in [-0.2, -0.15) is 0 Å². The minimum Gasteiger partial charge on any atom is -0.469 e. The topological polar surface area (TPSA) is 43.4 Å². The van der Waals surface area contributed by atoms with E-state index in [9.17, 15) is 9.59 Å². The van der Waals surface area contributed by atoms with E-state index in [-0.39, 0.29) is 35.4 Å². The smallest absolute Gasteiger partial charge is 0.306 e. The fourth-order valence-corrected chi connectivity index (χ4v) is 3.42. The van der Waals surface area contributed by atoms with Crippen molar-refractivity contribution in [3.8, 4) is 0 Å². The van der Waals surface area contributed by atoms with Gasteiger partial charge in [-0.15, -0.1) is 0 Å². The van der Waals surface area contributed by atoms with Gasteiger partial charge in [0, 0.05) is 11.8 Å². The summed E-state index contributed by atoms with van der Waals surface area (Å²) in [7, 11) is 1.38. The van der Waals surface area contributed by atoms with Crippen LogP contribution in [0.25, 0.3) is 0 Å². The highest BCUT2D eigenvalue weighted by molar-refractivity contribution is 5.94. The van der Waals surface area contributed by atoms with Crippen LogP contribution < -0.4 is 0 Å². The minimum absolute atomic E-state index is 0.102. The molecule has 2 fully saturated rings. The molecule has 3 heteroatoms. The largest absolute Gasteiger partial charge is 0.469 e. The molecule has 0 N–H and O–H groups in total. The van der Waals surface area contributed by atoms with Crippen molar-refractivity contribution in [3.63, 3.8) is 0 Å². The number of ketones is 1. The van der Waals surface area contributed by atoms with Crippen molar-refractivity contribution in [2.45, 2.75) is 19.3 Å². The number of allylic oxidation sites excluding steroid dienone is 2. The molecule has 0 heterocycles. The fourth-order valence-electron chi connectivity index (χ4n) is 3.42. The molecule has 0 aromatic carbocycles. The third-order valence-corrected chi connectivity index (χ3v) is 4.34. The van der Waals surface area contributed by atoms with Crippen LogP contribution in [0.3, 0.4) is 0 Å². The van der Waals surface area contributed by atoms with Crippen molar-refractivity contribution in [3.05, 3.63) is 12.2 Å². The highest BCUT2D eigenvalue weighted by atomic mass is 16.5. The maximum atomic E-state index is 12.0. The number of hydrogen-bond acceptors (Lipinski definition) is 3. The Balaban J connectivity index is 1.84. The van der Waals surface area contributed by atoms with E-state index in [4.69, 9.17) is 0 Å². The van der Waals surface area contributed by atoms with Crippen molar-refractivity contribution in [1.82, 2.24) is 0 Å². The van der Waals surface area contributed by atoms with Crippen LogP contribution in [-0.4, -0.2) is 18.9 Å². The summed E-state index contributed by atoms with van der Waals surface area (Å²) in [6, 6.07) is 0. The molecule has 1 spiro atoms. The van der Waals surface area contributed by atoms with Gasteiger partial charge in [0.2, 0.25) is 0 Å². The Morgan fingerprint density at radius 3 is 2.80 bits per heavy atom. The fraction of sp³-hybridized carbons (Fsp3) is 0.667. The van der Waals surface area contributed by atoms with Crippen LogP contribution in [0.5, 0.6) is 0 Å². The Labute approximate surface area is 88.5 Å². The summed E-state index contributed by atoms with van der Waals surface area (Å²) >= 11 is 0. The lowest BCUT2D eigenvalue weighted by Gasteiger charge is -2.16. The van der Waals surface area contributed by atoms with Crippen molar-refractivity contribution in [2.75, 3.05) is 7.11 Å². The molecule has 0 amide bonds. The van der Waals surface area contributed by atoms with Crippen LogP contribution >= 0.6 is 0 Å². The highest BCUT2D eigenvalue weighted by Gasteiger charge is 2.66. The van der Waals surface area contributed by atoms with Gasteiger partial charge in [-0.05, 0) is 24.2 Å². The normalized spacial score (nSPS) is 38.7. The lowest BCUT2D eigenvalue weighted by Crippen LogP contribution is -2.22. The second-order valence-corrected chi connectivity index (χ2v) is 4.91. The van der Waals surface area contributed by atoms with Crippen molar-refractivity contribution < 1.29 is 14.3 Å². The molecule has 80 valence electrons. The second-order valence-electron chi connectivity index (χ2n) is 4.91. The molecule has 0 aromatic heterocycles. The predicted molar refractivity (Wildman–Crippen MR) is 52.9 cm³/mol. The Hall–Kier alpha value is -1.12. The van der Waals surface area contributed by atoms with Crippen molar-refractivity contribution in [1.29, 1.82) is 0 Å². The molecular weight excluding hydrogens is 192 g/mol. The molecule has 0 aromatic rings. The third-order valence-electron chi connectivity index (χ3n) is 4.34. The Morgan fingerprint density at radius 2 is 2.27 bits per heavy atom. The van der Waals surface area contributed by atoms with Gasteiger partial charge < -0.3 is 4.74 Å². The molecule has 2 bridgehead atoms. The molecule has 3 aliphatic rings. The van der Waals surface area contributed by atoms with Crippen LogP contribution in [0.4, 0.5) is 0 Å². The van der Waals surface area contributed by atoms with E-state index in [1.165, 1.54) is 7.11 Å². The Bertz CT molecular complexity index is 365. The standard InChI is InChI=1S/C12H14O3/c1-15-10(13)6-7-8-2-3-9(11(7)14)12(8)4-5-12/h2-3,7-9H,4-6H2,1H3/t7-,8+,9+/m0/s1. The summed E-state index contributed by atoms with van der Waals surface area (Å²) < 4.78 is 4.64. The van der Waals surface area contributed by atoms with E-state index in [1.54, 1.807) is 0 Å². The van der Waals surface area contributed by atoms with Gasteiger partial charge in [0.15, 0.2) is 0 Å². The van der Waals surface area contributed by atoms with Crippen LogP contribution in [0.15, 0.2) is 12.2 Å². The number of ether oxygens (including phenoxy) is 1. The zero-order valence-corrected chi connectivity index (χ0v) is 8.73. The number of hydrogen-bond donors (Lipinski definition) is 0. The summed E-state index contributed by atoms with van der Waals surface area (Å²) in [6.45, 7) is 0. The molecular formula is C12H14O3. The number of carbonyl (C=O) groups excluding carboxylic acids is 2. The van der Waals surface area contributed by atoms with Crippen LogP contribution in [0.2, 0.25) is 0 Å². The molecule has 15 heavy (non-hydrogen) atoms. The Morgan fingerprint density at radius 1 is 1.53 bits per heavy atom. The summed E-state index contributed by atoms with van der Waals surface area (Å²) in [5, 5.41) is 0. The van der Waals surface area contributed by atoms with E-state index in [2.05, 4.69) is 10.8 Å². The monoisotopic (exact) mass is 206 g/mol. The number of carbonyl (C=O) groups is 2. The molecule has 0 saturated heterocycles. The van der Waals surface area contributed by atoms with Gasteiger partial charge >= 0.3 is 5.97 Å². The van der Waals surface area contributed by atoms with Gasteiger partial charge in [-0.25, -0.2) is 0 Å². The molecule has 3 nitrogen and oxygen atoms in total. The highest BCUT2D eigenvalue weighted by Crippen LogP contribution is 2.69. The maximum Gasteiger partial charge on any atom is 0.306 e. The quantitative estimate of drug-likeness (QED) is 0.505. The van der Waals surface area contributed by atoms with Crippen molar-refractivity contribution in [2.24, 2.45) is 23.2 Å². The zero-order chi connectivity index (χ0) is 10.6. The average molecular weight is 206 g/mol. The molecule has 3 atom stereocenters. The van der Waals surface area contributed by atoms with Crippen molar-refractivity contribution >= 4 is 11.8 Å². The minimum atomic E-state index is -0.259. The van der Waals surface area contributed by atoms with Gasteiger partial charge in [-0.1, -0.05) is 12.2 Å². The average Bonchev–Trinajstić information content (AvgIpc) is 2.88. The van der Waals surface area contributed by atoms with E-state index < -0.39 is 0 Å². The molecule has 3 aliphatic carbocycles. The SMILES string of the molecule is COC(=O)C[C@@H]1C(=O)[C@H]2C=C[C@H]1C21CC1. The number of esters is 1. The molecule has 2 saturated carbocycles. The molecule has 0 radical (unpaired) electrons. The zero-order valence-electron chi connectivity index (χ0n) is 8.73. The van der Waals surface area contributed by atoms with E-state index in [1.807, 2.05) is 6.08 Å². The van der Waals surface area contributed by atoms with Gasteiger partial charge in [0.1, 0.15) is 5.78 Å². The molecule has 0 unspecified atom stereocenters. The second kappa shape index (κ2) is 2.71. The van der Waals surface area contributed by atoms with Gasteiger partial charge in [0.25, 0.3) is 0 Å². The van der Waals surface area contributed by atoms with Crippen LogP contribution in [0, 0.1) is 23.2 Å². The first-order valence-corrected chi connectivity index (χ1v) is 5.48. The number of Topliss-reactive ketones (excluding diaryl/α,β-unsaturated/α-hetero) is 1. The summed E-state index contributed by atoms with van der Waals surface area (Å²) in [5.41, 5.74) is 0.232. The van der Waals surface area contributed by atoms with Crippen LogP contribution in [-0.2, 0) is 14.3 Å². The van der Waals surface area contributed by atoms with Gasteiger partial charge in [0.05, 0.1) is 13.5 Å². The number of methoxy groups -OCH3 is 1. The first kappa shape index (κ1) is 9.13. The molecule has 0 aliphatic heterocycles.